The molecule has 0 saturated carbocycles. The predicted octanol–water partition coefficient (Wildman–Crippen LogP) is 3.18. The van der Waals surface area contributed by atoms with Gasteiger partial charge in [-0.15, -0.1) is 0 Å². The highest BCUT2D eigenvalue weighted by molar-refractivity contribution is 6.32. The van der Waals surface area contributed by atoms with Gasteiger partial charge in [-0.3, -0.25) is 4.90 Å². The first-order valence-corrected chi connectivity index (χ1v) is 8.64. The maximum Gasteiger partial charge on any atom is 0.409 e. The van der Waals surface area contributed by atoms with Crippen LogP contribution in [0.3, 0.4) is 0 Å². The second-order valence-electron chi connectivity index (χ2n) is 6.07. The number of ether oxygens (including phenoxy) is 1. The Hall–Kier alpha value is -2.72. The van der Waals surface area contributed by atoms with E-state index < -0.39 is 11.8 Å². The summed E-state index contributed by atoms with van der Waals surface area (Å²) in [5.74, 6) is 0.502. The van der Waals surface area contributed by atoms with Gasteiger partial charge >= 0.3 is 6.09 Å². The minimum absolute atomic E-state index is 0.231. The molecule has 2 aliphatic rings. The number of aliphatic imine (C=N–C) groups is 1. The maximum absolute atomic E-state index is 11.9. The molecule has 7 nitrogen and oxygen atoms in total. The van der Waals surface area contributed by atoms with E-state index in [1.165, 1.54) is 12.0 Å². The number of aryl methyl sites for hydroxylation is 1. The van der Waals surface area contributed by atoms with Crippen molar-refractivity contribution in [3.63, 3.8) is 0 Å². The van der Waals surface area contributed by atoms with Gasteiger partial charge in [-0.05, 0) is 24.1 Å². The summed E-state index contributed by atoms with van der Waals surface area (Å²) in [6.45, 7) is 2.78. The highest BCUT2D eigenvalue weighted by atomic mass is 35.5. The van der Waals surface area contributed by atoms with Crippen LogP contribution < -0.4 is 4.74 Å². The van der Waals surface area contributed by atoms with E-state index >= 15 is 0 Å². The van der Waals surface area contributed by atoms with E-state index in [0.717, 1.165) is 5.56 Å². The van der Waals surface area contributed by atoms with Crippen molar-refractivity contribution in [1.29, 1.82) is 5.26 Å². The summed E-state index contributed by atoms with van der Waals surface area (Å²) in [4.78, 5) is 19.2. The normalized spacial score (nSPS) is 21.3. The molecule has 0 radical (unpaired) electrons. The van der Waals surface area contributed by atoms with Crippen molar-refractivity contribution in [2.24, 2.45) is 4.99 Å². The zero-order valence-corrected chi connectivity index (χ0v) is 15.3. The lowest BCUT2D eigenvalue weighted by Gasteiger charge is -2.57. The fraction of sp³-hybridized carbons (Fsp3) is 0.389. The third kappa shape index (κ3) is 2.49. The summed E-state index contributed by atoms with van der Waals surface area (Å²) >= 11 is 6.39. The third-order valence-electron chi connectivity index (χ3n) is 4.94. The van der Waals surface area contributed by atoms with Gasteiger partial charge in [0.05, 0.1) is 29.6 Å². The molecule has 1 aromatic carbocycles. The summed E-state index contributed by atoms with van der Waals surface area (Å²) < 4.78 is 5.65. The number of carboxylic acid groups (broad SMARTS) is 1. The number of likely N-dealkylation sites (tertiary alicyclic amines) is 1. The van der Waals surface area contributed by atoms with Gasteiger partial charge in [-0.1, -0.05) is 18.5 Å². The molecule has 0 spiro atoms. The number of nitrogens with zero attached hydrogens (tertiary/aromatic N) is 4. The smallest absolute Gasteiger partial charge is 0.409 e. The quantitative estimate of drug-likeness (QED) is 0.874. The van der Waals surface area contributed by atoms with E-state index in [1.54, 1.807) is 18.6 Å². The molecular formula is C18H19ClN4O3. The van der Waals surface area contributed by atoms with E-state index in [9.17, 15) is 15.2 Å². The Balaban J connectivity index is 2.34. The monoisotopic (exact) mass is 374 g/mol. The molecule has 1 aromatic rings. The van der Waals surface area contributed by atoms with Crippen LogP contribution in [-0.2, 0) is 12.1 Å². The number of halogens is 1. The Morgan fingerprint density at radius 1 is 1.58 bits per heavy atom. The molecule has 2 aliphatic heterocycles. The molecule has 0 bridgehead atoms. The van der Waals surface area contributed by atoms with Gasteiger partial charge in [-0.25, -0.2) is 9.79 Å². The molecule has 1 atom stereocenters. The van der Waals surface area contributed by atoms with Crippen molar-refractivity contribution in [3.05, 3.63) is 40.1 Å². The molecule has 0 aromatic heterocycles. The second-order valence-corrected chi connectivity index (χ2v) is 6.48. The highest BCUT2D eigenvalue weighted by Gasteiger charge is 2.56. The molecule has 26 heavy (non-hydrogen) atoms. The molecule has 1 amide bonds. The van der Waals surface area contributed by atoms with Gasteiger partial charge < -0.3 is 14.7 Å². The molecule has 1 fully saturated rings. The van der Waals surface area contributed by atoms with Crippen LogP contribution in [0.25, 0.3) is 0 Å². The van der Waals surface area contributed by atoms with Crippen LogP contribution in [0.2, 0.25) is 5.02 Å². The largest absolute Gasteiger partial charge is 0.496 e. The van der Waals surface area contributed by atoms with Crippen LogP contribution >= 0.6 is 11.6 Å². The SMILES string of the molecule is CCc1cc(Cl)c(C#N)c(C2(N3C=NC=CC3)CCN2C(=O)O)c1OC. The van der Waals surface area contributed by atoms with Gasteiger partial charge in [-0.2, -0.15) is 5.26 Å². The standard InChI is InChI=1S/C18H19ClN4O3/c1-3-12-9-14(19)13(10-20)15(16(12)26-2)18(5-8-23(18)17(24)25)22-7-4-6-21-11-22/h4,6,9,11H,3,5,7-8H2,1-2H3,(H,24,25). The Morgan fingerprint density at radius 3 is 2.81 bits per heavy atom. The summed E-state index contributed by atoms with van der Waals surface area (Å²) in [5, 5.41) is 19.8. The van der Waals surface area contributed by atoms with Crippen molar-refractivity contribution < 1.29 is 14.6 Å². The number of amides is 1. The number of benzene rings is 1. The third-order valence-corrected chi connectivity index (χ3v) is 5.24. The first-order chi connectivity index (χ1) is 12.5. The van der Waals surface area contributed by atoms with E-state index in [-0.39, 0.29) is 5.56 Å². The molecule has 3 rings (SSSR count). The molecule has 0 aliphatic carbocycles. The summed E-state index contributed by atoms with van der Waals surface area (Å²) in [6, 6.07) is 3.85. The summed E-state index contributed by atoms with van der Waals surface area (Å²) in [6.07, 6.45) is 5.17. The van der Waals surface area contributed by atoms with E-state index in [4.69, 9.17) is 16.3 Å². The minimum atomic E-state index is -1.08. The van der Waals surface area contributed by atoms with Crippen LogP contribution in [0, 0.1) is 11.3 Å². The van der Waals surface area contributed by atoms with Crippen LogP contribution in [0.5, 0.6) is 5.75 Å². The summed E-state index contributed by atoms with van der Waals surface area (Å²) in [7, 11) is 1.52. The molecule has 2 heterocycles. The van der Waals surface area contributed by atoms with Gasteiger partial charge in [0.25, 0.3) is 0 Å². The van der Waals surface area contributed by atoms with E-state index in [2.05, 4.69) is 11.1 Å². The Morgan fingerprint density at radius 2 is 2.35 bits per heavy atom. The molecule has 1 unspecified atom stereocenters. The summed E-state index contributed by atoms with van der Waals surface area (Å²) in [5.41, 5.74) is 0.468. The minimum Gasteiger partial charge on any atom is -0.496 e. The highest BCUT2D eigenvalue weighted by Crippen LogP contribution is 2.50. The van der Waals surface area contributed by atoms with Crippen molar-refractivity contribution in [2.45, 2.75) is 25.4 Å². The molecule has 8 heteroatoms. The Bertz CT molecular complexity index is 846. The lowest BCUT2D eigenvalue weighted by Crippen LogP contribution is -2.68. The average molecular weight is 375 g/mol. The van der Waals surface area contributed by atoms with E-state index in [1.807, 2.05) is 17.9 Å². The van der Waals surface area contributed by atoms with Crippen LogP contribution in [0.1, 0.15) is 30.0 Å². The maximum atomic E-state index is 11.9. The topological polar surface area (TPSA) is 89.2 Å². The zero-order chi connectivity index (χ0) is 18.9. The fourth-order valence-electron chi connectivity index (χ4n) is 3.70. The number of carbonyl (C=O) groups is 1. The zero-order valence-electron chi connectivity index (χ0n) is 14.6. The predicted molar refractivity (Wildman–Crippen MR) is 97.5 cm³/mol. The number of rotatable bonds is 4. The Kier molecular flexibility index (Phi) is 4.79. The van der Waals surface area contributed by atoms with Gasteiger partial charge in [0.15, 0.2) is 5.66 Å². The molecule has 136 valence electrons. The average Bonchev–Trinajstić information content (AvgIpc) is 2.61. The molecule has 1 saturated heterocycles. The van der Waals surface area contributed by atoms with Gasteiger partial charge in [0.2, 0.25) is 0 Å². The fourth-order valence-corrected chi connectivity index (χ4v) is 3.97. The van der Waals surface area contributed by atoms with Gasteiger partial charge in [0.1, 0.15) is 11.8 Å². The van der Waals surface area contributed by atoms with Crippen molar-refractivity contribution >= 4 is 24.0 Å². The first kappa shape index (κ1) is 18.1. The van der Waals surface area contributed by atoms with Crippen molar-refractivity contribution in [3.8, 4) is 11.8 Å². The molecule has 1 N–H and O–H groups in total. The first-order valence-electron chi connectivity index (χ1n) is 8.26. The van der Waals surface area contributed by atoms with Crippen molar-refractivity contribution in [1.82, 2.24) is 9.80 Å². The number of methoxy groups -OCH3 is 1. The van der Waals surface area contributed by atoms with Crippen LogP contribution in [0.4, 0.5) is 4.79 Å². The lowest BCUT2D eigenvalue weighted by atomic mass is 9.80. The van der Waals surface area contributed by atoms with Gasteiger partial charge in [0, 0.05) is 25.7 Å². The second kappa shape index (κ2) is 6.89. The van der Waals surface area contributed by atoms with Crippen LogP contribution in [-0.4, -0.2) is 47.5 Å². The molecular weight excluding hydrogens is 356 g/mol. The lowest BCUT2D eigenvalue weighted by molar-refractivity contribution is -0.0838. The van der Waals surface area contributed by atoms with E-state index in [0.29, 0.717) is 42.3 Å². The number of hydrogen-bond acceptors (Lipinski definition) is 5. The van der Waals surface area contributed by atoms with Crippen molar-refractivity contribution in [2.75, 3.05) is 20.2 Å². The number of nitriles is 1. The van der Waals surface area contributed by atoms with Crippen LogP contribution in [0.15, 0.2) is 23.3 Å². The number of hydrogen-bond donors (Lipinski definition) is 1. The Labute approximate surface area is 156 Å².